The minimum atomic E-state index is -0.303. The Hall–Kier alpha value is -7.25. The zero-order valence-electron chi connectivity index (χ0n) is 40.0. The summed E-state index contributed by atoms with van der Waals surface area (Å²) in [6.07, 6.45) is 14.0. The first kappa shape index (κ1) is 46.5. The van der Waals surface area contributed by atoms with Crippen molar-refractivity contribution in [1.29, 1.82) is 0 Å². The van der Waals surface area contributed by atoms with Crippen molar-refractivity contribution in [3.63, 3.8) is 0 Å². The van der Waals surface area contributed by atoms with E-state index in [0.29, 0.717) is 24.5 Å². The fraction of sp³-hybridized carbons (Fsp3) is 0.353. The Morgan fingerprint density at radius 2 is 1.19 bits per heavy atom. The second kappa shape index (κ2) is 20.4. The highest BCUT2D eigenvalue weighted by Crippen LogP contribution is 2.34. The monoisotopic (exact) mass is 973 g/mol. The first-order valence-corrected chi connectivity index (χ1v) is 25.4. The second-order valence-corrected chi connectivity index (χ2v) is 20.7. The van der Waals surface area contributed by atoms with Crippen molar-refractivity contribution in [2.75, 3.05) is 17.2 Å². The molecule has 0 spiro atoms. The summed E-state index contributed by atoms with van der Waals surface area (Å²) in [5, 5.41) is 29.1. The van der Waals surface area contributed by atoms with Gasteiger partial charge in [0.15, 0.2) is 10.0 Å². The van der Waals surface area contributed by atoms with Crippen molar-refractivity contribution in [3.8, 4) is 43.9 Å². The van der Waals surface area contributed by atoms with E-state index in [4.69, 9.17) is 24.7 Å². The van der Waals surface area contributed by atoms with E-state index in [1.807, 2.05) is 101 Å². The van der Waals surface area contributed by atoms with Gasteiger partial charge in [0.05, 0.1) is 11.4 Å². The lowest BCUT2D eigenvalue weighted by Crippen LogP contribution is -2.50. The lowest BCUT2D eigenvalue weighted by atomic mass is 9.87. The van der Waals surface area contributed by atoms with Gasteiger partial charge in [0, 0.05) is 71.4 Å². The highest BCUT2D eigenvalue weighted by molar-refractivity contribution is 7.14. The number of fused-ring (bicyclic) bond motifs is 2. The Balaban J connectivity index is 0.000000169. The number of aromatic nitrogens is 12. The molecule has 70 heavy (non-hydrogen) atoms. The number of carbonyl (C=O) groups is 1. The number of anilines is 2. The van der Waals surface area contributed by atoms with Gasteiger partial charge >= 0.3 is 6.09 Å². The molecule has 0 bridgehead atoms. The van der Waals surface area contributed by atoms with Gasteiger partial charge in [0.25, 0.3) is 0 Å². The lowest BCUT2D eigenvalue weighted by Gasteiger charge is -2.37. The molecule has 8 aromatic heterocycles. The van der Waals surface area contributed by atoms with Crippen LogP contribution >= 0.6 is 22.7 Å². The van der Waals surface area contributed by atoms with Crippen LogP contribution < -0.4 is 10.6 Å². The van der Waals surface area contributed by atoms with Crippen LogP contribution in [0, 0.1) is 33.6 Å². The van der Waals surface area contributed by atoms with Crippen LogP contribution in [0.4, 0.5) is 16.7 Å². The molecule has 19 heteroatoms. The standard InChI is InChI=1S/C29H30N8O2S.C22H25N7S/c1-17-13-31-28(32-21-10-9-18(2)37(15-21)29(38)39-16-20-7-5-4-6-8-20)34-25(17)23-14-30-26-22(23)11-12-24(33-26)27-36-35-19(3)40-27;1-12-4-6-15(7-5-12)25-22-24-10-13(2)19(27-22)17-11-23-20-16(17)8-9-18(26-20)21-29-28-14(3)30-21/h4-8,11-14,18,21H,9-10,15-16H2,1-3H3,(H,30,33)(H,31,32,34);8-12,15H,4-7H2,1-3H3,(H,23,26)(H,24,25,27)/t18-,21-;/m0./s1. The fourth-order valence-corrected chi connectivity index (χ4v) is 10.4. The first-order valence-electron chi connectivity index (χ1n) is 23.8. The van der Waals surface area contributed by atoms with E-state index in [-0.39, 0.29) is 24.8 Å². The van der Waals surface area contributed by atoms with Crippen LogP contribution in [0.15, 0.2) is 79.4 Å². The smallest absolute Gasteiger partial charge is 0.410 e. The number of aromatic amines is 2. The molecule has 9 heterocycles. The Morgan fingerprint density at radius 1 is 0.657 bits per heavy atom. The summed E-state index contributed by atoms with van der Waals surface area (Å²) < 4.78 is 5.61. The molecule has 1 aromatic carbocycles. The summed E-state index contributed by atoms with van der Waals surface area (Å²) in [5.41, 5.74) is 9.92. The molecule has 2 atom stereocenters. The van der Waals surface area contributed by atoms with Crippen molar-refractivity contribution in [3.05, 3.63) is 106 Å². The van der Waals surface area contributed by atoms with Gasteiger partial charge in [-0.05, 0) is 120 Å². The van der Waals surface area contributed by atoms with Crippen molar-refractivity contribution >= 4 is 62.7 Å². The molecule has 1 aliphatic heterocycles. The summed E-state index contributed by atoms with van der Waals surface area (Å²) in [6, 6.07) is 18.4. The van der Waals surface area contributed by atoms with Crippen LogP contribution in [0.3, 0.4) is 0 Å². The molecule has 2 fully saturated rings. The topological polar surface area (TPSA) is 214 Å². The summed E-state index contributed by atoms with van der Waals surface area (Å²) in [5.74, 6) is 2.06. The van der Waals surface area contributed by atoms with Gasteiger partial charge in [-0.3, -0.25) is 0 Å². The summed E-state index contributed by atoms with van der Waals surface area (Å²) >= 11 is 3.06. The average Bonchev–Trinajstić information content (AvgIpc) is 4.21. The van der Waals surface area contributed by atoms with Crippen molar-refractivity contribution < 1.29 is 9.53 Å². The first-order chi connectivity index (χ1) is 34.0. The highest BCUT2D eigenvalue weighted by Gasteiger charge is 2.31. The van der Waals surface area contributed by atoms with Crippen LogP contribution in [0.1, 0.15) is 79.1 Å². The Kier molecular flexibility index (Phi) is 13.5. The number of pyridine rings is 2. The number of piperidine rings is 1. The van der Waals surface area contributed by atoms with E-state index >= 15 is 0 Å². The molecule has 17 nitrogen and oxygen atoms in total. The van der Waals surface area contributed by atoms with Gasteiger partial charge in [-0.1, -0.05) is 59.9 Å². The van der Waals surface area contributed by atoms with Gasteiger partial charge in [-0.2, -0.15) is 0 Å². The molecule has 358 valence electrons. The van der Waals surface area contributed by atoms with Gasteiger partial charge in [-0.25, -0.2) is 34.7 Å². The number of carbonyl (C=O) groups excluding carboxylic acids is 1. The zero-order chi connectivity index (χ0) is 48.3. The van der Waals surface area contributed by atoms with Crippen molar-refractivity contribution in [1.82, 2.24) is 65.2 Å². The highest BCUT2D eigenvalue weighted by atomic mass is 32.1. The van der Waals surface area contributed by atoms with Gasteiger partial charge in [0.2, 0.25) is 11.9 Å². The summed E-state index contributed by atoms with van der Waals surface area (Å²) in [7, 11) is 0. The van der Waals surface area contributed by atoms with E-state index in [0.717, 1.165) is 111 Å². The molecule has 1 saturated carbocycles. The lowest BCUT2D eigenvalue weighted by molar-refractivity contribution is 0.0695. The summed E-state index contributed by atoms with van der Waals surface area (Å²) in [4.78, 5) is 49.6. The number of benzene rings is 1. The molecule has 9 aromatic rings. The van der Waals surface area contributed by atoms with E-state index in [1.165, 1.54) is 37.0 Å². The number of H-pyrrole nitrogens is 2. The minimum absolute atomic E-state index is 0.0126. The molecule has 1 aliphatic carbocycles. The number of likely N-dealkylation sites (tertiary alicyclic amines) is 1. The number of aryl methyl sites for hydroxylation is 4. The molecule has 4 N–H and O–H groups in total. The predicted molar refractivity (Wildman–Crippen MR) is 275 cm³/mol. The molecule has 11 rings (SSSR count). The fourth-order valence-electron chi connectivity index (χ4n) is 9.06. The third kappa shape index (κ3) is 10.4. The molecule has 1 amide bonds. The normalized spacial score (nSPS) is 18.1. The Labute approximate surface area is 413 Å². The molecule has 0 radical (unpaired) electrons. The van der Waals surface area contributed by atoms with Gasteiger partial charge < -0.3 is 30.2 Å². The quantitative estimate of drug-likeness (QED) is 0.100. The number of hydrogen-bond acceptors (Lipinski definition) is 16. The third-order valence-electron chi connectivity index (χ3n) is 13.0. The van der Waals surface area contributed by atoms with Crippen LogP contribution in [-0.2, 0) is 11.3 Å². The van der Waals surface area contributed by atoms with E-state index in [1.54, 1.807) is 16.2 Å². The minimum Gasteiger partial charge on any atom is -0.445 e. The third-order valence-corrected chi connectivity index (χ3v) is 14.7. The summed E-state index contributed by atoms with van der Waals surface area (Å²) in [6.45, 7) is 13.1. The predicted octanol–water partition coefficient (Wildman–Crippen LogP) is 10.9. The van der Waals surface area contributed by atoms with Crippen molar-refractivity contribution in [2.24, 2.45) is 5.92 Å². The van der Waals surface area contributed by atoms with Gasteiger partial charge in [0.1, 0.15) is 39.3 Å². The largest absolute Gasteiger partial charge is 0.445 e. The second-order valence-electron chi connectivity index (χ2n) is 18.4. The van der Waals surface area contributed by atoms with E-state index in [9.17, 15) is 4.79 Å². The maximum atomic E-state index is 12.9. The Morgan fingerprint density at radius 3 is 1.71 bits per heavy atom. The maximum absolute atomic E-state index is 12.9. The number of rotatable bonds is 10. The number of nitrogens with one attached hydrogen (secondary N) is 4. The van der Waals surface area contributed by atoms with Crippen LogP contribution in [0.5, 0.6) is 0 Å². The van der Waals surface area contributed by atoms with E-state index < -0.39 is 0 Å². The molecule has 2 aliphatic rings. The molecule has 0 unspecified atom stereocenters. The molecule has 1 saturated heterocycles. The maximum Gasteiger partial charge on any atom is 0.410 e. The number of ether oxygens (including phenoxy) is 1. The average molecular weight is 974 g/mol. The van der Waals surface area contributed by atoms with Crippen LogP contribution in [0.2, 0.25) is 0 Å². The molecular weight excluding hydrogens is 919 g/mol. The molecular formula is C51H55N15O2S2. The number of nitrogens with zero attached hydrogens (tertiary/aromatic N) is 11. The number of amides is 1. The SMILES string of the molecule is Cc1nnc(-c2ccc3c(-c4nc(NC5CCC(C)CC5)ncc4C)c[nH]c3n2)s1.Cc1nnc(-c2ccc3c(-c4nc(N[C@H]5CC[C@H](C)N(C(=O)OCc6ccccc6)C5)ncc4C)c[nH]c3n2)s1. The Bertz CT molecular complexity index is 3270. The van der Waals surface area contributed by atoms with Crippen LogP contribution in [0.25, 0.3) is 66.0 Å². The van der Waals surface area contributed by atoms with Gasteiger partial charge in [-0.15, -0.1) is 20.4 Å². The van der Waals surface area contributed by atoms with Crippen molar-refractivity contribution in [2.45, 2.75) is 105 Å². The zero-order valence-corrected chi connectivity index (χ0v) is 41.7. The van der Waals surface area contributed by atoms with Crippen LogP contribution in [-0.4, -0.2) is 95.9 Å². The number of hydrogen-bond donors (Lipinski definition) is 4. The van der Waals surface area contributed by atoms with E-state index in [2.05, 4.69) is 70.9 Å².